The lowest BCUT2D eigenvalue weighted by Gasteiger charge is -2.16. The van der Waals surface area contributed by atoms with Gasteiger partial charge in [-0.1, -0.05) is 19.1 Å². The molecule has 0 atom stereocenters. The molecule has 5 heteroatoms. The van der Waals surface area contributed by atoms with Gasteiger partial charge in [-0.3, -0.25) is 4.79 Å². The highest BCUT2D eigenvalue weighted by molar-refractivity contribution is 8.00. The summed E-state index contributed by atoms with van der Waals surface area (Å²) in [4.78, 5) is 24.6. The third-order valence-corrected chi connectivity index (χ3v) is 4.46. The lowest BCUT2D eigenvalue weighted by atomic mass is 10.1. The van der Waals surface area contributed by atoms with E-state index in [1.54, 1.807) is 24.3 Å². The summed E-state index contributed by atoms with van der Waals surface area (Å²) >= 11 is 1.46. The SMILES string of the molecule is CCc1ccc(OC(=O)c2ccc3c(c2)NC(=O)CS3)cc1. The van der Waals surface area contributed by atoms with Crippen LogP contribution in [0, 0.1) is 0 Å². The number of nitrogens with one attached hydrogen (secondary N) is 1. The van der Waals surface area contributed by atoms with E-state index in [0.717, 1.165) is 11.3 Å². The topological polar surface area (TPSA) is 55.4 Å². The van der Waals surface area contributed by atoms with Gasteiger partial charge in [0.2, 0.25) is 5.91 Å². The van der Waals surface area contributed by atoms with Crippen molar-refractivity contribution in [2.45, 2.75) is 18.2 Å². The minimum absolute atomic E-state index is 0.0572. The summed E-state index contributed by atoms with van der Waals surface area (Å²) in [5.41, 5.74) is 2.27. The molecular weight excluding hydrogens is 298 g/mol. The van der Waals surface area contributed by atoms with Gasteiger partial charge < -0.3 is 10.1 Å². The molecule has 0 aromatic heterocycles. The van der Waals surface area contributed by atoms with Crippen LogP contribution in [0.1, 0.15) is 22.8 Å². The number of hydrogen-bond donors (Lipinski definition) is 1. The van der Waals surface area contributed by atoms with Crippen molar-refractivity contribution in [3.05, 3.63) is 53.6 Å². The summed E-state index contributed by atoms with van der Waals surface area (Å²) in [5, 5.41) is 2.77. The molecule has 112 valence electrons. The molecular formula is C17H15NO3S. The Balaban J connectivity index is 1.77. The summed E-state index contributed by atoms with van der Waals surface area (Å²) in [5.74, 6) is 0.425. The smallest absolute Gasteiger partial charge is 0.343 e. The van der Waals surface area contributed by atoms with E-state index in [-0.39, 0.29) is 5.91 Å². The number of carbonyl (C=O) groups is 2. The molecule has 0 saturated heterocycles. The summed E-state index contributed by atoms with van der Waals surface area (Å²) in [6.45, 7) is 2.07. The lowest BCUT2D eigenvalue weighted by molar-refractivity contribution is -0.113. The molecule has 4 nitrogen and oxygen atoms in total. The molecule has 0 unspecified atom stereocenters. The summed E-state index contributed by atoms with van der Waals surface area (Å²) in [6.07, 6.45) is 0.941. The molecule has 1 heterocycles. The summed E-state index contributed by atoms with van der Waals surface area (Å²) in [7, 11) is 0. The van der Waals surface area contributed by atoms with Gasteiger partial charge in [-0.05, 0) is 42.3 Å². The fraction of sp³-hybridized carbons (Fsp3) is 0.176. The number of hydrogen-bond acceptors (Lipinski definition) is 4. The van der Waals surface area contributed by atoms with E-state index >= 15 is 0 Å². The second-order valence-electron chi connectivity index (χ2n) is 4.93. The number of aryl methyl sites for hydroxylation is 1. The Morgan fingerprint density at radius 3 is 2.73 bits per heavy atom. The first-order valence-electron chi connectivity index (χ1n) is 7.03. The minimum Gasteiger partial charge on any atom is -0.423 e. The predicted octanol–water partition coefficient (Wildman–Crippen LogP) is 3.51. The molecule has 2 aromatic carbocycles. The Morgan fingerprint density at radius 1 is 1.23 bits per heavy atom. The first-order chi connectivity index (χ1) is 10.7. The standard InChI is InChI=1S/C17H15NO3S/c1-2-11-3-6-13(7-4-11)21-17(20)12-5-8-15-14(9-12)18-16(19)10-22-15/h3-9H,2,10H2,1H3,(H,18,19). The Labute approximate surface area is 132 Å². The molecule has 1 aliphatic heterocycles. The zero-order valence-electron chi connectivity index (χ0n) is 12.1. The highest BCUT2D eigenvalue weighted by Gasteiger charge is 2.18. The normalized spacial score (nSPS) is 13.2. The predicted molar refractivity (Wildman–Crippen MR) is 86.6 cm³/mol. The van der Waals surface area contributed by atoms with Crippen LogP contribution < -0.4 is 10.1 Å². The van der Waals surface area contributed by atoms with Gasteiger partial charge in [-0.2, -0.15) is 0 Å². The van der Waals surface area contributed by atoms with Crippen LogP contribution in [-0.4, -0.2) is 17.6 Å². The number of thioether (sulfide) groups is 1. The first kappa shape index (κ1) is 14.7. The molecule has 0 aliphatic carbocycles. The summed E-state index contributed by atoms with van der Waals surface area (Å²) in [6, 6.07) is 12.6. The highest BCUT2D eigenvalue weighted by atomic mass is 32.2. The largest absolute Gasteiger partial charge is 0.423 e. The molecule has 0 fully saturated rings. The van der Waals surface area contributed by atoms with Gasteiger partial charge in [0.15, 0.2) is 0 Å². The number of benzene rings is 2. The van der Waals surface area contributed by atoms with Crippen molar-refractivity contribution in [3.8, 4) is 5.75 Å². The number of amides is 1. The third-order valence-electron chi connectivity index (χ3n) is 3.39. The molecule has 0 saturated carbocycles. The van der Waals surface area contributed by atoms with Crippen LogP contribution in [0.4, 0.5) is 5.69 Å². The molecule has 1 amide bonds. The third kappa shape index (κ3) is 3.14. The molecule has 0 bridgehead atoms. The van der Waals surface area contributed by atoms with Crippen LogP contribution in [0.25, 0.3) is 0 Å². The number of ether oxygens (including phenoxy) is 1. The van der Waals surface area contributed by atoms with Crippen molar-refractivity contribution in [2.75, 3.05) is 11.1 Å². The first-order valence-corrected chi connectivity index (χ1v) is 8.02. The molecule has 22 heavy (non-hydrogen) atoms. The minimum atomic E-state index is -0.433. The highest BCUT2D eigenvalue weighted by Crippen LogP contribution is 2.32. The second kappa shape index (κ2) is 6.23. The maximum Gasteiger partial charge on any atom is 0.343 e. The Bertz CT molecular complexity index is 725. The number of anilines is 1. The van der Waals surface area contributed by atoms with Crippen LogP contribution in [0.3, 0.4) is 0 Å². The van der Waals surface area contributed by atoms with E-state index in [2.05, 4.69) is 12.2 Å². The monoisotopic (exact) mass is 313 g/mol. The van der Waals surface area contributed by atoms with Crippen LogP contribution in [0.5, 0.6) is 5.75 Å². The molecule has 1 N–H and O–H groups in total. The van der Waals surface area contributed by atoms with Gasteiger partial charge in [-0.15, -0.1) is 11.8 Å². The zero-order valence-corrected chi connectivity index (χ0v) is 12.9. The fourth-order valence-corrected chi connectivity index (χ4v) is 2.96. The molecule has 1 aliphatic rings. The number of fused-ring (bicyclic) bond motifs is 1. The average molecular weight is 313 g/mol. The van der Waals surface area contributed by atoms with Crippen molar-refractivity contribution in [3.63, 3.8) is 0 Å². The van der Waals surface area contributed by atoms with Crippen molar-refractivity contribution in [1.82, 2.24) is 0 Å². The van der Waals surface area contributed by atoms with E-state index in [1.807, 2.05) is 18.2 Å². The van der Waals surface area contributed by atoms with E-state index < -0.39 is 5.97 Å². The van der Waals surface area contributed by atoms with E-state index in [9.17, 15) is 9.59 Å². The van der Waals surface area contributed by atoms with Crippen LogP contribution in [0.15, 0.2) is 47.4 Å². The lowest BCUT2D eigenvalue weighted by Crippen LogP contribution is -2.19. The van der Waals surface area contributed by atoms with Crippen molar-refractivity contribution in [1.29, 1.82) is 0 Å². The van der Waals surface area contributed by atoms with Gasteiger partial charge in [-0.25, -0.2) is 4.79 Å². The van der Waals surface area contributed by atoms with Crippen LogP contribution >= 0.6 is 11.8 Å². The molecule has 0 radical (unpaired) electrons. The van der Waals surface area contributed by atoms with Gasteiger partial charge in [0.1, 0.15) is 5.75 Å². The van der Waals surface area contributed by atoms with Crippen molar-refractivity contribution < 1.29 is 14.3 Å². The maximum atomic E-state index is 12.2. The summed E-state index contributed by atoms with van der Waals surface area (Å²) < 4.78 is 5.36. The van der Waals surface area contributed by atoms with Gasteiger partial charge >= 0.3 is 5.97 Å². The van der Waals surface area contributed by atoms with E-state index in [4.69, 9.17) is 4.74 Å². The van der Waals surface area contributed by atoms with E-state index in [1.165, 1.54) is 17.3 Å². The average Bonchev–Trinajstić information content (AvgIpc) is 2.54. The van der Waals surface area contributed by atoms with Crippen LogP contribution in [0.2, 0.25) is 0 Å². The molecule has 2 aromatic rings. The number of rotatable bonds is 3. The van der Waals surface area contributed by atoms with Gasteiger partial charge in [0, 0.05) is 4.90 Å². The van der Waals surface area contributed by atoms with E-state index in [0.29, 0.717) is 22.8 Å². The molecule has 0 spiro atoms. The van der Waals surface area contributed by atoms with Crippen molar-refractivity contribution >= 4 is 29.3 Å². The molecule has 3 rings (SSSR count). The van der Waals surface area contributed by atoms with Gasteiger partial charge in [0.25, 0.3) is 0 Å². The van der Waals surface area contributed by atoms with Crippen LogP contribution in [-0.2, 0) is 11.2 Å². The number of carbonyl (C=O) groups excluding carboxylic acids is 2. The Hall–Kier alpha value is -2.27. The van der Waals surface area contributed by atoms with Gasteiger partial charge in [0.05, 0.1) is 17.0 Å². The quantitative estimate of drug-likeness (QED) is 0.696. The zero-order chi connectivity index (χ0) is 15.5. The maximum absolute atomic E-state index is 12.2. The Morgan fingerprint density at radius 2 is 2.00 bits per heavy atom. The van der Waals surface area contributed by atoms with Crippen molar-refractivity contribution in [2.24, 2.45) is 0 Å². The fourth-order valence-electron chi connectivity index (χ4n) is 2.17. The number of esters is 1. The Kier molecular flexibility index (Phi) is 4.15. The second-order valence-corrected chi connectivity index (χ2v) is 5.95.